The summed E-state index contributed by atoms with van der Waals surface area (Å²) in [5, 5.41) is 1.43. The van der Waals surface area contributed by atoms with Crippen LogP contribution in [-0.2, 0) is 4.79 Å². The highest BCUT2D eigenvalue weighted by Gasteiger charge is 2.11. The number of hydrogen-bond donors (Lipinski definition) is 0. The van der Waals surface area contributed by atoms with Crippen molar-refractivity contribution >= 4 is 46.3 Å². The summed E-state index contributed by atoms with van der Waals surface area (Å²) < 4.78 is 4.77. The number of halogens is 2. The number of pyridine rings is 1. The highest BCUT2D eigenvalue weighted by molar-refractivity contribution is 6.39. The number of fused-ring (bicyclic) bond motifs is 1. The number of aromatic nitrogens is 1. The normalized spacial score (nSPS) is 9.31. The molecule has 0 amide bonds. The van der Waals surface area contributed by atoms with E-state index < -0.39 is 0 Å². The van der Waals surface area contributed by atoms with Crippen molar-refractivity contribution in [1.29, 1.82) is 0 Å². The summed E-state index contributed by atoms with van der Waals surface area (Å²) >= 11 is 11.8. The molecule has 0 spiro atoms. The molecule has 1 aromatic heterocycles. The minimum Gasteiger partial charge on any atom is -0.425 e. The molecule has 3 aromatic rings. The van der Waals surface area contributed by atoms with Crippen molar-refractivity contribution in [2.24, 2.45) is 0 Å². The molecule has 0 atom stereocenters. The summed E-state index contributed by atoms with van der Waals surface area (Å²) in [6.07, 6.45) is 1.58. The molecule has 2 aromatic carbocycles. The van der Waals surface area contributed by atoms with Gasteiger partial charge < -0.3 is 9.64 Å². The van der Waals surface area contributed by atoms with Crippen LogP contribution in [-0.4, -0.2) is 25.6 Å². The maximum absolute atomic E-state index is 10.3. The van der Waals surface area contributed by atoms with Crippen LogP contribution in [0.3, 0.4) is 0 Å². The molecule has 0 radical (unpaired) electrons. The smallest absolute Gasteiger partial charge is 0.298 e. The van der Waals surface area contributed by atoms with Crippen LogP contribution in [0.2, 0.25) is 10.0 Å². The highest BCUT2D eigenvalue weighted by atomic mass is 35.5. The van der Waals surface area contributed by atoms with Crippen molar-refractivity contribution in [3.05, 3.63) is 64.8 Å². The van der Waals surface area contributed by atoms with E-state index >= 15 is 0 Å². The number of anilines is 1. The lowest BCUT2D eigenvalue weighted by Gasteiger charge is -2.10. The number of para-hydroxylation sites is 1. The van der Waals surface area contributed by atoms with Crippen LogP contribution in [0.25, 0.3) is 10.9 Å². The van der Waals surface area contributed by atoms with E-state index in [2.05, 4.69) is 22.0 Å². The quantitative estimate of drug-likeness (QED) is 0.523. The van der Waals surface area contributed by atoms with Gasteiger partial charge in [0.25, 0.3) is 6.47 Å². The van der Waals surface area contributed by atoms with Gasteiger partial charge in [-0.25, -0.2) is 0 Å². The fourth-order valence-corrected chi connectivity index (χ4v) is 2.59. The predicted molar refractivity (Wildman–Crippen MR) is 111 cm³/mol. The summed E-state index contributed by atoms with van der Waals surface area (Å²) in [6, 6.07) is 15.3. The molecule has 0 saturated carbocycles. The maximum atomic E-state index is 10.3. The van der Waals surface area contributed by atoms with Crippen LogP contribution in [0, 0.1) is 0 Å². The Morgan fingerprint density at radius 1 is 1.00 bits per heavy atom. The van der Waals surface area contributed by atoms with E-state index in [1.165, 1.54) is 11.8 Å². The summed E-state index contributed by atoms with van der Waals surface area (Å²) in [6.45, 7) is 4.31. The highest BCUT2D eigenvalue weighted by Crippen LogP contribution is 2.36. The average molecular weight is 393 g/mol. The van der Waals surface area contributed by atoms with E-state index in [9.17, 15) is 4.79 Å². The van der Waals surface area contributed by atoms with Gasteiger partial charge in [-0.3, -0.25) is 9.78 Å². The van der Waals surface area contributed by atoms with Gasteiger partial charge in [0.2, 0.25) is 0 Å². The van der Waals surface area contributed by atoms with E-state index in [-0.39, 0.29) is 10.8 Å². The van der Waals surface area contributed by atoms with Gasteiger partial charge in [-0.2, -0.15) is 0 Å². The van der Waals surface area contributed by atoms with Gasteiger partial charge in [-0.1, -0.05) is 55.2 Å². The standard InChI is InChI=1S/C10H5Cl2NO2.C8H11N.C2H6/c11-7-4-8(12)10(15-5-14)9-6(7)2-1-3-13-9;1-9(2)8-6-4-3-5-7-8;1-2/h1-5H;3-7H,1-2H3;1-2H3. The van der Waals surface area contributed by atoms with Crippen molar-refractivity contribution in [3.63, 3.8) is 0 Å². The molecule has 3 rings (SSSR count). The van der Waals surface area contributed by atoms with Crippen LogP contribution in [0.4, 0.5) is 5.69 Å². The first-order chi connectivity index (χ1) is 12.5. The fraction of sp³-hybridized carbons (Fsp3) is 0.200. The number of carbonyl (C=O) groups excluding carboxylic acids is 1. The summed E-state index contributed by atoms with van der Waals surface area (Å²) in [5.74, 6) is 0.228. The summed E-state index contributed by atoms with van der Waals surface area (Å²) in [5.41, 5.74) is 1.72. The first-order valence-corrected chi connectivity index (χ1v) is 8.85. The molecule has 0 bridgehead atoms. The van der Waals surface area contributed by atoms with Crippen LogP contribution < -0.4 is 9.64 Å². The lowest BCUT2D eigenvalue weighted by molar-refractivity contribution is -0.120. The van der Waals surface area contributed by atoms with Gasteiger partial charge in [0.05, 0.1) is 10.0 Å². The van der Waals surface area contributed by atoms with Crippen molar-refractivity contribution in [3.8, 4) is 5.75 Å². The summed E-state index contributed by atoms with van der Waals surface area (Å²) in [4.78, 5) is 16.5. The Hall–Kier alpha value is -2.30. The van der Waals surface area contributed by atoms with Crippen molar-refractivity contribution in [2.45, 2.75) is 13.8 Å². The Morgan fingerprint density at radius 2 is 1.65 bits per heavy atom. The zero-order valence-corrected chi connectivity index (χ0v) is 16.8. The number of ether oxygens (including phenoxy) is 1. The first kappa shape index (κ1) is 21.7. The molecule has 0 aliphatic rings. The fourth-order valence-electron chi connectivity index (χ4n) is 2.03. The van der Waals surface area contributed by atoms with Gasteiger partial charge in [0.15, 0.2) is 5.75 Å². The third-order valence-electron chi connectivity index (χ3n) is 3.19. The topological polar surface area (TPSA) is 42.4 Å². The van der Waals surface area contributed by atoms with Gasteiger partial charge in [0.1, 0.15) is 5.52 Å². The van der Waals surface area contributed by atoms with Gasteiger partial charge >= 0.3 is 0 Å². The van der Waals surface area contributed by atoms with E-state index in [0.29, 0.717) is 22.4 Å². The van der Waals surface area contributed by atoms with Crippen LogP contribution in [0.5, 0.6) is 5.75 Å². The molecule has 0 unspecified atom stereocenters. The Bertz CT molecular complexity index is 825. The lowest BCUT2D eigenvalue weighted by atomic mass is 10.2. The third kappa shape index (κ3) is 5.90. The number of carbonyl (C=O) groups is 1. The molecule has 0 aliphatic heterocycles. The molecule has 0 N–H and O–H groups in total. The Morgan fingerprint density at radius 3 is 2.19 bits per heavy atom. The van der Waals surface area contributed by atoms with E-state index in [1.54, 1.807) is 18.3 Å². The SMILES string of the molecule is CC.CN(C)c1ccccc1.O=COc1c(Cl)cc(Cl)c2cccnc12. The minimum atomic E-state index is 0.228. The van der Waals surface area contributed by atoms with E-state index in [0.717, 1.165) is 0 Å². The maximum Gasteiger partial charge on any atom is 0.298 e. The average Bonchev–Trinajstić information content (AvgIpc) is 2.68. The minimum absolute atomic E-state index is 0.228. The van der Waals surface area contributed by atoms with Crippen molar-refractivity contribution in [1.82, 2.24) is 4.98 Å². The van der Waals surface area contributed by atoms with Gasteiger partial charge in [-0.15, -0.1) is 0 Å². The molecule has 6 heteroatoms. The Labute approximate surface area is 164 Å². The predicted octanol–water partition coefficient (Wildman–Crippen LogP) is 5.86. The lowest BCUT2D eigenvalue weighted by Crippen LogP contribution is -2.07. The molecular formula is C20H22Cl2N2O2. The Kier molecular flexibility index (Phi) is 9.48. The molecule has 0 fully saturated rings. The number of nitrogens with zero attached hydrogens (tertiary/aromatic N) is 2. The molecular weight excluding hydrogens is 371 g/mol. The van der Waals surface area contributed by atoms with Crippen LogP contribution >= 0.6 is 23.2 Å². The van der Waals surface area contributed by atoms with Crippen molar-refractivity contribution in [2.75, 3.05) is 19.0 Å². The molecule has 0 saturated heterocycles. The number of rotatable bonds is 3. The van der Waals surface area contributed by atoms with Gasteiger partial charge in [0, 0.05) is 31.4 Å². The molecule has 4 nitrogen and oxygen atoms in total. The Balaban J connectivity index is 0.000000263. The molecule has 1 heterocycles. The molecule has 26 heavy (non-hydrogen) atoms. The zero-order chi connectivity index (χ0) is 19.5. The number of hydrogen-bond acceptors (Lipinski definition) is 4. The van der Waals surface area contributed by atoms with E-state index in [1.807, 2.05) is 46.1 Å². The molecule has 0 aliphatic carbocycles. The first-order valence-electron chi connectivity index (χ1n) is 8.10. The largest absolute Gasteiger partial charge is 0.425 e. The molecule has 138 valence electrons. The third-order valence-corrected chi connectivity index (χ3v) is 3.78. The van der Waals surface area contributed by atoms with Crippen LogP contribution in [0.15, 0.2) is 54.7 Å². The van der Waals surface area contributed by atoms with Gasteiger partial charge in [-0.05, 0) is 30.3 Å². The summed E-state index contributed by atoms with van der Waals surface area (Å²) in [7, 11) is 4.07. The monoisotopic (exact) mass is 392 g/mol. The second-order valence-corrected chi connectivity index (χ2v) is 5.83. The second-order valence-electron chi connectivity index (χ2n) is 5.01. The van der Waals surface area contributed by atoms with Crippen LogP contribution in [0.1, 0.15) is 13.8 Å². The second kappa shape index (κ2) is 11.3. The zero-order valence-electron chi connectivity index (χ0n) is 15.2. The number of benzene rings is 2. The van der Waals surface area contributed by atoms with E-state index in [4.69, 9.17) is 27.9 Å². The van der Waals surface area contributed by atoms with Crippen molar-refractivity contribution < 1.29 is 9.53 Å².